The van der Waals surface area contributed by atoms with Gasteiger partial charge in [0.2, 0.25) is 0 Å². The molecule has 2 aliphatic carbocycles. The van der Waals surface area contributed by atoms with Crippen molar-refractivity contribution in [1.82, 2.24) is 10.2 Å². The number of rotatable bonds is 7. The number of ether oxygens (including phenoxy) is 1. The summed E-state index contributed by atoms with van der Waals surface area (Å²) < 4.78 is 20.1. The first-order valence-electron chi connectivity index (χ1n) is 9.93. The van der Waals surface area contributed by atoms with Gasteiger partial charge in [-0.2, -0.15) is 0 Å². The second-order valence-corrected chi connectivity index (χ2v) is 9.08. The van der Waals surface area contributed by atoms with Gasteiger partial charge < -0.3 is 10.1 Å². The van der Waals surface area contributed by atoms with Crippen LogP contribution in [0.1, 0.15) is 64.5 Å². The molecule has 2 aliphatic rings. The van der Waals surface area contributed by atoms with Gasteiger partial charge >= 0.3 is 6.09 Å². The second kappa shape index (κ2) is 8.36. The van der Waals surface area contributed by atoms with Crippen molar-refractivity contribution in [3.63, 3.8) is 0 Å². The molecule has 0 heterocycles. The molecule has 1 atom stereocenters. The second-order valence-electron chi connectivity index (χ2n) is 8.68. The van der Waals surface area contributed by atoms with E-state index in [1.54, 1.807) is 6.07 Å². The minimum Gasteiger partial charge on any atom is -0.444 e. The maximum atomic E-state index is 14.8. The SMILES string of the molecule is CC(C)(C)OC(=O)NCCN(C1CC1)C(c1cccc(Cl)c1F)C1CCC1. The van der Waals surface area contributed by atoms with E-state index >= 15 is 0 Å². The Hall–Kier alpha value is -1.33. The van der Waals surface area contributed by atoms with Crippen LogP contribution in [0.3, 0.4) is 0 Å². The smallest absolute Gasteiger partial charge is 0.407 e. The van der Waals surface area contributed by atoms with Gasteiger partial charge in [0.1, 0.15) is 11.4 Å². The predicted octanol–water partition coefficient (Wildman–Crippen LogP) is 5.31. The number of hydrogen-bond donors (Lipinski definition) is 1. The minimum atomic E-state index is -0.515. The van der Waals surface area contributed by atoms with E-state index in [0.717, 1.165) is 25.7 Å². The standard InChI is InChI=1S/C21H30ClFN2O2/c1-21(2,3)27-20(26)24-12-13-25(15-10-11-15)19(14-6-4-7-14)16-8-5-9-17(22)18(16)23/h5,8-9,14-15,19H,4,6-7,10-13H2,1-3H3,(H,24,26). The van der Waals surface area contributed by atoms with E-state index in [9.17, 15) is 9.18 Å². The number of benzene rings is 1. The number of carbonyl (C=O) groups is 1. The van der Waals surface area contributed by atoms with Crippen molar-refractivity contribution in [3.8, 4) is 0 Å². The zero-order valence-corrected chi connectivity index (χ0v) is 17.2. The summed E-state index contributed by atoms with van der Waals surface area (Å²) in [6.07, 6.45) is 5.25. The largest absolute Gasteiger partial charge is 0.444 e. The van der Waals surface area contributed by atoms with Crippen LogP contribution in [-0.4, -0.2) is 35.7 Å². The van der Waals surface area contributed by atoms with Crippen molar-refractivity contribution < 1.29 is 13.9 Å². The molecule has 0 bridgehead atoms. The number of carbonyl (C=O) groups excluding carboxylic acids is 1. The molecular weight excluding hydrogens is 367 g/mol. The molecule has 1 aromatic rings. The highest BCUT2D eigenvalue weighted by Crippen LogP contribution is 2.46. The van der Waals surface area contributed by atoms with Crippen LogP contribution in [0.5, 0.6) is 0 Å². The van der Waals surface area contributed by atoms with E-state index in [4.69, 9.17) is 16.3 Å². The molecule has 0 saturated heterocycles. The van der Waals surface area contributed by atoms with E-state index in [2.05, 4.69) is 10.2 Å². The molecule has 1 N–H and O–H groups in total. The van der Waals surface area contributed by atoms with Crippen LogP contribution in [0.2, 0.25) is 5.02 Å². The highest BCUT2D eigenvalue weighted by atomic mass is 35.5. The molecule has 4 nitrogen and oxygen atoms in total. The van der Waals surface area contributed by atoms with Crippen molar-refractivity contribution >= 4 is 17.7 Å². The first-order valence-corrected chi connectivity index (χ1v) is 10.3. The maximum absolute atomic E-state index is 14.8. The molecule has 27 heavy (non-hydrogen) atoms. The van der Waals surface area contributed by atoms with Gasteiger partial charge in [-0.15, -0.1) is 0 Å². The van der Waals surface area contributed by atoms with Gasteiger partial charge in [-0.3, -0.25) is 4.90 Å². The molecule has 0 spiro atoms. The van der Waals surface area contributed by atoms with Gasteiger partial charge in [0.15, 0.2) is 0 Å². The number of hydrogen-bond acceptors (Lipinski definition) is 3. The normalized spacial score (nSPS) is 18.9. The molecule has 0 aliphatic heterocycles. The van der Waals surface area contributed by atoms with E-state index in [1.165, 1.54) is 6.42 Å². The van der Waals surface area contributed by atoms with E-state index in [-0.39, 0.29) is 16.9 Å². The molecule has 0 aromatic heterocycles. The topological polar surface area (TPSA) is 41.6 Å². The quantitative estimate of drug-likeness (QED) is 0.679. The lowest BCUT2D eigenvalue weighted by molar-refractivity contribution is 0.0495. The molecule has 0 radical (unpaired) electrons. The average molecular weight is 397 g/mol. The summed E-state index contributed by atoms with van der Waals surface area (Å²) in [4.78, 5) is 14.3. The lowest BCUT2D eigenvalue weighted by Crippen LogP contribution is -2.43. The third-order valence-electron chi connectivity index (χ3n) is 5.31. The fourth-order valence-electron chi connectivity index (χ4n) is 3.76. The summed E-state index contributed by atoms with van der Waals surface area (Å²) >= 11 is 6.06. The van der Waals surface area contributed by atoms with Gasteiger partial charge in [0, 0.05) is 30.7 Å². The lowest BCUT2D eigenvalue weighted by atomic mass is 9.76. The Morgan fingerprint density at radius 1 is 1.33 bits per heavy atom. The summed E-state index contributed by atoms with van der Waals surface area (Å²) in [6.45, 7) is 6.70. The van der Waals surface area contributed by atoms with Gasteiger partial charge in [-0.05, 0) is 58.4 Å². The predicted molar refractivity (Wildman–Crippen MR) is 105 cm³/mol. The first-order chi connectivity index (χ1) is 12.8. The van der Waals surface area contributed by atoms with Crippen LogP contribution in [0, 0.1) is 11.7 Å². The zero-order valence-electron chi connectivity index (χ0n) is 16.4. The molecule has 1 amide bonds. The number of halogens is 2. The van der Waals surface area contributed by atoms with E-state index in [0.29, 0.717) is 30.6 Å². The van der Waals surface area contributed by atoms with Crippen LogP contribution in [0.4, 0.5) is 9.18 Å². The average Bonchev–Trinajstić information content (AvgIpc) is 3.34. The van der Waals surface area contributed by atoms with Gasteiger partial charge in [-0.1, -0.05) is 30.2 Å². The Kier molecular flexibility index (Phi) is 6.32. The van der Waals surface area contributed by atoms with Crippen LogP contribution >= 0.6 is 11.6 Å². The Morgan fingerprint density at radius 2 is 2.04 bits per heavy atom. The summed E-state index contributed by atoms with van der Waals surface area (Å²) in [6, 6.07) is 5.76. The number of nitrogens with zero attached hydrogens (tertiary/aromatic N) is 1. The Morgan fingerprint density at radius 3 is 2.59 bits per heavy atom. The van der Waals surface area contributed by atoms with E-state index < -0.39 is 11.7 Å². The third-order valence-corrected chi connectivity index (χ3v) is 5.60. The fourth-order valence-corrected chi connectivity index (χ4v) is 3.95. The number of alkyl carbamates (subject to hydrolysis) is 1. The molecular formula is C21H30ClFN2O2. The van der Waals surface area contributed by atoms with Crippen LogP contribution in [0.25, 0.3) is 0 Å². The monoisotopic (exact) mass is 396 g/mol. The Bertz CT molecular complexity index is 669. The van der Waals surface area contributed by atoms with Crippen molar-refractivity contribution in [2.75, 3.05) is 13.1 Å². The highest BCUT2D eigenvalue weighted by Gasteiger charge is 2.41. The van der Waals surface area contributed by atoms with Crippen molar-refractivity contribution in [1.29, 1.82) is 0 Å². The van der Waals surface area contributed by atoms with Gasteiger partial charge in [0.25, 0.3) is 0 Å². The first kappa shape index (κ1) is 20.4. The minimum absolute atomic E-state index is 0.0189. The van der Waals surface area contributed by atoms with E-state index in [1.807, 2.05) is 32.9 Å². The molecule has 1 unspecified atom stereocenters. The summed E-state index contributed by atoms with van der Waals surface area (Å²) in [7, 11) is 0. The van der Waals surface area contributed by atoms with Crippen LogP contribution in [-0.2, 0) is 4.74 Å². The van der Waals surface area contributed by atoms with Crippen molar-refractivity contribution in [2.45, 2.75) is 70.6 Å². The van der Waals surface area contributed by atoms with Crippen molar-refractivity contribution in [2.24, 2.45) is 5.92 Å². The number of nitrogens with one attached hydrogen (secondary N) is 1. The molecule has 3 rings (SSSR count). The Labute approximate surface area is 166 Å². The summed E-state index contributed by atoms with van der Waals surface area (Å²) in [5.41, 5.74) is 0.176. The molecule has 1 aromatic carbocycles. The molecule has 150 valence electrons. The van der Waals surface area contributed by atoms with Crippen LogP contribution in [0.15, 0.2) is 18.2 Å². The molecule has 2 saturated carbocycles. The van der Waals surface area contributed by atoms with Gasteiger partial charge in [0.05, 0.1) is 5.02 Å². The fraction of sp³-hybridized carbons (Fsp3) is 0.667. The summed E-state index contributed by atoms with van der Waals surface area (Å²) in [5.74, 6) is 0.141. The lowest BCUT2D eigenvalue weighted by Gasteiger charge is -2.42. The molecule has 6 heteroatoms. The van der Waals surface area contributed by atoms with Gasteiger partial charge in [-0.25, -0.2) is 9.18 Å². The van der Waals surface area contributed by atoms with Crippen LogP contribution < -0.4 is 5.32 Å². The maximum Gasteiger partial charge on any atom is 0.407 e. The highest BCUT2D eigenvalue weighted by molar-refractivity contribution is 6.30. The summed E-state index contributed by atoms with van der Waals surface area (Å²) in [5, 5.41) is 3.02. The Balaban J connectivity index is 1.71. The third kappa shape index (κ3) is 5.35. The molecule has 2 fully saturated rings. The zero-order chi connectivity index (χ0) is 19.6. The number of amides is 1. The van der Waals surface area contributed by atoms with Crippen molar-refractivity contribution in [3.05, 3.63) is 34.6 Å².